The van der Waals surface area contributed by atoms with Crippen LogP contribution in [-0.4, -0.2) is 30.1 Å². The Labute approximate surface area is 156 Å². The van der Waals surface area contributed by atoms with Crippen molar-refractivity contribution >= 4 is 28.9 Å². The van der Waals surface area contributed by atoms with Gasteiger partial charge in [0.1, 0.15) is 12.4 Å². The minimum Gasteiger partial charge on any atom is -0.489 e. The number of amides is 1. The highest BCUT2D eigenvalue weighted by Gasteiger charge is 2.29. The molecule has 1 aliphatic rings. The minimum absolute atomic E-state index is 0.0518. The molecule has 0 saturated carbocycles. The zero-order valence-corrected chi connectivity index (χ0v) is 15.3. The lowest BCUT2D eigenvalue weighted by Crippen LogP contribution is -2.23. The van der Waals surface area contributed by atoms with Gasteiger partial charge in [0.25, 0.3) is 5.91 Å². The second kappa shape index (κ2) is 7.89. The normalized spacial score (nSPS) is 17.0. The molecule has 2 aromatic carbocycles. The summed E-state index contributed by atoms with van der Waals surface area (Å²) in [7, 11) is 3.39. The van der Waals surface area contributed by atoms with Crippen molar-refractivity contribution in [2.45, 2.75) is 6.61 Å². The Morgan fingerprint density at radius 3 is 2.62 bits per heavy atom. The number of likely N-dealkylation sites (N-methyl/N-ethyl adjacent to an activating group) is 1. The summed E-state index contributed by atoms with van der Waals surface area (Å²) in [5.74, 6) is 0.655. The summed E-state index contributed by atoms with van der Waals surface area (Å²) < 4.78 is 5.76. The first kappa shape index (κ1) is 17.8. The van der Waals surface area contributed by atoms with Gasteiger partial charge < -0.3 is 4.74 Å². The number of carbonyl (C=O) groups is 1. The zero-order valence-electron chi connectivity index (χ0n) is 14.5. The number of hydrogen-bond donors (Lipinski definition) is 0. The van der Waals surface area contributed by atoms with Crippen molar-refractivity contribution < 1.29 is 9.53 Å². The van der Waals surface area contributed by atoms with Crippen LogP contribution in [0.4, 0.5) is 0 Å². The first-order valence-electron chi connectivity index (χ1n) is 7.97. The van der Waals surface area contributed by atoms with Crippen molar-refractivity contribution in [3.05, 3.63) is 70.1 Å². The van der Waals surface area contributed by atoms with Gasteiger partial charge >= 0.3 is 0 Å². The Balaban J connectivity index is 1.69. The molecule has 1 aliphatic heterocycles. The molecule has 1 saturated heterocycles. The van der Waals surface area contributed by atoms with Gasteiger partial charge in [0.2, 0.25) is 0 Å². The molecule has 1 fully saturated rings. The van der Waals surface area contributed by atoms with Crippen molar-refractivity contribution in [3.63, 3.8) is 0 Å². The molecule has 5 nitrogen and oxygen atoms in total. The predicted octanol–water partition coefficient (Wildman–Crippen LogP) is 3.67. The molecule has 0 unspecified atom stereocenters. The average Bonchev–Trinajstić information content (AvgIpc) is 2.95. The van der Waals surface area contributed by atoms with Crippen molar-refractivity contribution in [1.82, 2.24) is 4.90 Å². The number of thioether (sulfide) groups is 1. The van der Waals surface area contributed by atoms with Crippen molar-refractivity contribution in [2.24, 2.45) is 4.99 Å². The van der Waals surface area contributed by atoms with Gasteiger partial charge in [-0.1, -0.05) is 30.3 Å². The number of ether oxygens (including phenoxy) is 1. The van der Waals surface area contributed by atoms with Crippen LogP contribution >= 0.6 is 11.8 Å². The van der Waals surface area contributed by atoms with Gasteiger partial charge in [-0.2, -0.15) is 5.26 Å². The van der Waals surface area contributed by atoms with Gasteiger partial charge in [0, 0.05) is 19.7 Å². The first-order valence-corrected chi connectivity index (χ1v) is 8.79. The summed E-state index contributed by atoms with van der Waals surface area (Å²) >= 11 is 1.36. The van der Waals surface area contributed by atoms with Crippen LogP contribution in [0.15, 0.2) is 58.4 Å². The molecule has 130 valence electrons. The minimum atomic E-state index is -0.0518. The third-order valence-electron chi connectivity index (χ3n) is 3.90. The third kappa shape index (κ3) is 3.79. The fourth-order valence-corrected chi connectivity index (χ4v) is 3.40. The average molecular weight is 363 g/mol. The lowest BCUT2D eigenvalue weighted by atomic mass is 10.1. The smallest absolute Gasteiger partial charge is 0.266 e. The summed E-state index contributed by atoms with van der Waals surface area (Å²) in [6, 6.07) is 17.0. The molecular formula is C20H17N3O2S. The molecule has 0 bridgehead atoms. The summed E-state index contributed by atoms with van der Waals surface area (Å²) in [6.45, 7) is 0.333. The van der Waals surface area contributed by atoms with E-state index in [2.05, 4.69) is 11.1 Å². The van der Waals surface area contributed by atoms with Crippen LogP contribution < -0.4 is 4.74 Å². The van der Waals surface area contributed by atoms with Gasteiger partial charge in [-0.25, -0.2) is 0 Å². The van der Waals surface area contributed by atoms with Gasteiger partial charge in [0.05, 0.1) is 16.5 Å². The monoisotopic (exact) mass is 363 g/mol. The summed E-state index contributed by atoms with van der Waals surface area (Å²) in [5.41, 5.74) is 2.38. The second-order valence-corrected chi connectivity index (χ2v) is 6.62. The van der Waals surface area contributed by atoms with Crippen LogP contribution in [0.3, 0.4) is 0 Å². The summed E-state index contributed by atoms with van der Waals surface area (Å²) in [4.78, 5) is 18.4. The molecule has 3 rings (SSSR count). The summed E-state index contributed by atoms with van der Waals surface area (Å²) in [6.07, 6.45) is 1.84. The molecule has 0 aliphatic carbocycles. The first-order chi connectivity index (χ1) is 12.6. The maximum atomic E-state index is 12.2. The Morgan fingerprint density at radius 2 is 1.96 bits per heavy atom. The van der Waals surface area contributed by atoms with Crippen LogP contribution in [0.2, 0.25) is 0 Å². The van der Waals surface area contributed by atoms with Crippen LogP contribution in [0, 0.1) is 11.3 Å². The number of nitrogens with zero attached hydrogens (tertiary/aromatic N) is 3. The molecule has 2 aromatic rings. The quantitative estimate of drug-likeness (QED) is 0.778. The molecule has 6 heteroatoms. The van der Waals surface area contributed by atoms with Crippen LogP contribution in [0.1, 0.15) is 16.7 Å². The number of aliphatic imine (C=N–C) groups is 1. The van der Waals surface area contributed by atoms with Gasteiger partial charge in [0.15, 0.2) is 5.17 Å². The standard InChI is InChI=1S/C20H17N3O2S/c1-22-20-23(2)19(24)18(26-20)11-14-7-9-17(10-8-14)25-13-16-6-4-3-5-15(16)12-21/h3-11H,13H2,1-2H3/b18-11+,22-20?. The molecule has 1 heterocycles. The second-order valence-electron chi connectivity index (χ2n) is 5.61. The Kier molecular flexibility index (Phi) is 5.40. The van der Waals surface area contributed by atoms with E-state index in [1.807, 2.05) is 48.5 Å². The maximum Gasteiger partial charge on any atom is 0.266 e. The van der Waals surface area contributed by atoms with E-state index in [1.165, 1.54) is 11.8 Å². The molecule has 0 atom stereocenters. The molecule has 1 amide bonds. The maximum absolute atomic E-state index is 12.2. The number of carbonyl (C=O) groups excluding carboxylic acids is 1. The third-order valence-corrected chi connectivity index (χ3v) is 5.06. The molecule has 0 radical (unpaired) electrons. The van der Waals surface area contributed by atoms with Crippen LogP contribution in [0.25, 0.3) is 6.08 Å². The van der Waals surface area contributed by atoms with Crippen LogP contribution in [-0.2, 0) is 11.4 Å². The topological polar surface area (TPSA) is 65.7 Å². The fourth-order valence-electron chi connectivity index (χ4n) is 2.48. The highest BCUT2D eigenvalue weighted by Crippen LogP contribution is 2.31. The Hall–Kier alpha value is -3.04. The van der Waals surface area contributed by atoms with E-state index >= 15 is 0 Å². The van der Waals surface area contributed by atoms with Crippen LogP contribution in [0.5, 0.6) is 5.75 Å². The number of amidine groups is 1. The molecule has 0 aromatic heterocycles. The highest BCUT2D eigenvalue weighted by molar-refractivity contribution is 8.18. The van der Waals surface area contributed by atoms with Gasteiger partial charge in [-0.3, -0.25) is 14.7 Å². The van der Waals surface area contributed by atoms with E-state index in [4.69, 9.17) is 10.00 Å². The lowest BCUT2D eigenvalue weighted by Gasteiger charge is -2.08. The van der Waals surface area contributed by atoms with E-state index in [-0.39, 0.29) is 5.91 Å². The number of benzene rings is 2. The fraction of sp³-hybridized carbons (Fsp3) is 0.150. The molecule has 0 N–H and O–H groups in total. The zero-order chi connectivity index (χ0) is 18.5. The van der Waals surface area contributed by atoms with E-state index in [0.29, 0.717) is 28.0 Å². The Bertz CT molecular complexity index is 927. The van der Waals surface area contributed by atoms with Crippen molar-refractivity contribution in [1.29, 1.82) is 5.26 Å². The molecular weight excluding hydrogens is 346 g/mol. The van der Waals surface area contributed by atoms with E-state index < -0.39 is 0 Å². The predicted molar refractivity (Wildman–Crippen MR) is 104 cm³/mol. The lowest BCUT2D eigenvalue weighted by molar-refractivity contribution is -0.121. The van der Waals surface area contributed by atoms with E-state index in [9.17, 15) is 4.79 Å². The van der Waals surface area contributed by atoms with Crippen molar-refractivity contribution in [3.8, 4) is 11.8 Å². The van der Waals surface area contributed by atoms with Crippen molar-refractivity contribution in [2.75, 3.05) is 14.1 Å². The summed E-state index contributed by atoms with van der Waals surface area (Å²) in [5, 5.41) is 9.80. The number of hydrogen-bond acceptors (Lipinski definition) is 5. The Morgan fingerprint density at radius 1 is 1.23 bits per heavy atom. The molecule has 26 heavy (non-hydrogen) atoms. The van der Waals surface area contributed by atoms with E-state index in [1.54, 1.807) is 25.1 Å². The molecule has 0 spiro atoms. The number of nitriles is 1. The SMILES string of the molecule is CN=C1S/C(=C/c2ccc(OCc3ccccc3C#N)cc2)C(=O)N1C. The largest absolute Gasteiger partial charge is 0.489 e. The highest BCUT2D eigenvalue weighted by atomic mass is 32.2. The van der Waals surface area contributed by atoms with E-state index in [0.717, 1.165) is 11.1 Å². The van der Waals surface area contributed by atoms with Gasteiger partial charge in [-0.15, -0.1) is 0 Å². The number of rotatable bonds is 4. The van der Waals surface area contributed by atoms with Gasteiger partial charge in [-0.05, 0) is 41.6 Å².